The second-order valence-electron chi connectivity index (χ2n) is 10.3. The predicted molar refractivity (Wildman–Crippen MR) is 164 cm³/mol. The van der Waals surface area contributed by atoms with Gasteiger partial charge in [0.15, 0.2) is 15.6 Å². The Morgan fingerprint density at radius 2 is 1.84 bits per heavy atom. The fourth-order valence-corrected chi connectivity index (χ4v) is 7.76. The minimum Gasteiger partial charge on any atom is -0.379 e. The van der Waals surface area contributed by atoms with Gasteiger partial charge in [-0.3, -0.25) is 23.9 Å². The normalized spacial score (nSPS) is 14.2. The molecule has 1 fully saturated rings. The van der Waals surface area contributed by atoms with E-state index in [1.54, 1.807) is 18.2 Å². The van der Waals surface area contributed by atoms with Gasteiger partial charge in [-0.1, -0.05) is 35.4 Å². The Balaban J connectivity index is 1.39. The van der Waals surface area contributed by atoms with E-state index in [0.29, 0.717) is 31.7 Å². The first-order valence-electron chi connectivity index (χ1n) is 13.5. The molecule has 9 nitrogen and oxygen atoms in total. The van der Waals surface area contributed by atoms with Gasteiger partial charge in [0.2, 0.25) is 0 Å². The highest BCUT2D eigenvalue weighted by atomic mass is 35.5. The van der Waals surface area contributed by atoms with Gasteiger partial charge in [-0.05, 0) is 42.8 Å². The number of amides is 1. The Hall–Kier alpha value is -3.42. The van der Waals surface area contributed by atoms with Crippen molar-refractivity contribution in [3.8, 4) is 5.69 Å². The van der Waals surface area contributed by atoms with Crippen molar-refractivity contribution in [3.05, 3.63) is 91.9 Å². The molecule has 1 N–H and O–H groups in total. The van der Waals surface area contributed by atoms with Crippen molar-refractivity contribution in [1.29, 1.82) is 0 Å². The van der Waals surface area contributed by atoms with Crippen LogP contribution in [0.15, 0.2) is 63.7 Å². The van der Waals surface area contributed by atoms with E-state index in [1.165, 1.54) is 30.5 Å². The van der Waals surface area contributed by atoms with Crippen LogP contribution in [0.2, 0.25) is 4.34 Å². The highest BCUT2D eigenvalue weighted by Crippen LogP contribution is 2.27. The first-order chi connectivity index (χ1) is 20.5. The number of morpholine rings is 1. The Morgan fingerprint density at radius 3 is 2.53 bits per heavy atom. The van der Waals surface area contributed by atoms with Crippen molar-refractivity contribution in [3.63, 3.8) is 0 Å². The number of nitrogens with zero attached hydrogens (tertiary/aromatic N) is 2. The van der Waals surface area contributed by atoms with Crippen molar-refractivity contribution >= 4 is 55.2 Å². The standard InChI is InChI=1S/C30H29ClFN3O6S2/c1-19-2-4-22-23(14-19)24(29(37)33-8-9-34-10-12-41-13-11-34)17-35(30(22)38)26-5-3-20(16-25(26)32)15-21(36)18-43(39,40)28-7-6-27(31)42-28/h2-7,14,16-17H,8-13,15,18H2,1H3,(H,33,37). The summed E-state index contributed by atoms with van der Waals surface area (Å²) in [4.78, 5) is 41.5. The summed E-state index contributed by atoms with van der Waals surface area (Å²) in [6, 6.07) is 11.8. The fourth-order valence-electron chi connectivity index (χ4n) is 4.94. The molecule has 1 aliphatic rings. The number of carbonyl (C=O) groups excluding carboxylic acids is 2. The lowest BCUT2D eigenvalue weighted by atomic mass is 10.0. The summed E-state index contributed by atoms with van der Waals surface area (Å²) in [5, 5.41) is 3.62. The van der Waals surface area contributed by atoms with E-state index in [1.807, 2.05) is 6.92 Å². The number of sulfone groups is 1. The van der Waals surface area contributed by atoms with Crippen LogP contribution in [-0.4, -0.2) is 74.7 Å². The van der Waals surface area contributed by atoms with Crippen molar-refractivity contribution in [2.75, 3.05) is 45.1 Å². The second-order valence-corrected chi connectivity index (χ2v) is 14.2. The van der Waals surface area contributed by atoms with Crippen LogP contribution in [0.3, 0.4) is 0 Å². The molecule has 0 unspecified atom stereocenters. The zero-order valence-electron chi connectivity index (χ0n) is 23.3. The molecule has 226 valence electrons. The molecule has 3 heterocycles. The minimum atomic E-state index is -3.88. The van der Waals surface area contributed by atoms with Crippen LogP contribution in [0.5, 0.6) is 0 Å². The fraction of sp³-hybridized carbons (Fsp3) is 0.300. The summed E-state index contributed by atoms with van der Waals surface area (Å²) < 4.78 is 47.2. The highest BCUT2D eigenvalue weighted by Gasteiger charge is 2.23. The second kappa shape index (κ2) is 13.1. The largest absolute Gasteiger partial charge is 0.379 e. The number of nitrogens with one attached hydrogen (secondary N) is 1. The van der Waals surface area contributed by atoms with Crippen LogP contribution < -0.4 is 10.9 Å². The number of aromatic nitrogens is 1. The first-order valence-corrected chi connectivity index (χ1v) is 16.4. The predicted octanol–water partition coefficient (Wildman–Crippen LogP) is 3.80. The molecule has 0 atom stereocenters. The lowest BCUT2D eigenvalue weighted by molar-refractivity contribution is -0.116. The van der Waals surface area contributed by atoms with E-state index in [2.05, 4.69) is 10.2 Å². The molecule has 1 saturated heterocycles. The average molecular weight is 646 g/mol. The number of halogens is 2. The van der Waals surface area contributed by atoms with E-state index >= 15 is 4.39 Å². The van der Waals surface area contributed by atoms with Gasteiger partial charge in [-0.2, -0.15) is 0 Å². The van der Waals surface area contributed by atoms with Gasteiger partial charge in [-0.25, -0.2) is 12.8 Å². The van der Waals surface area contributed by atoms with Crippen LogP contribution in [0.1, 0.15) is 21.5 Å². The molecule has 4 aromatic rings. The third-order valence-electron chi connectivity index (χ3n) is 7.11. The quantitative estimate of drug-likeness (QED) is 0.279. The summed E-state index contributed by atoms with van der Waals surface area (Å²) in [5.41, 5.74) is 0.709. The number of thiophene rings is 1. The number of ether oxygens (including phenoxy) is 1. The number of hydrogen-bond donors (Lipinski definition) is 1. The molecular formula is C30H29ClFN3O6S2. The Morgan fingerprint density at radius 1 is 1.07 bits per heavy atom. The third kappa shape index (κ3) is 7.22. The number of ketones is 1. The smallest absolute Gasteiger partial charge is 0.263 e. The number of Topliss-reactive ketones (excluding diaryl/α,β-unsaturated/α-hetero) is 1. The maximum Gasteiger partial charge on any atom is 0.263 e. The van der Waals surface area contributed by atoms with E-state index in [9.17, 15) is 22.8 Å². The van der Waals surface area contributed by atoms with Crippen molar-refractivity contribution < 1.29 is 27.1 Å². The van der Waals surface area contributed by atoms with E-state index in [-0.39, 0.29) is 37.2 Å². The summed E-state index contributed by atoms with van der Waals surface area (Å²) in [6.45, 7) is 5.73. The number of benzene rings is 2. The average Bonchev–Trinajstić information content (AvgIpc) is 3.41. The molecule has 2 aromatic carbocycles. The van der Waals surface area contributed by atoms with Gasteiger partial charge >= 0.3 is 0 Å². The topological polar surface area (TPSA) is 115 Å². The molecule has 0 bridgehead atoms. The number of rotatable bonds is 10. The molecule has 0 radical (unpaired) electrons. The number of hydrogen-bond acceptors (Lipinski definition) is 8. The molecule has 5 rings (SSSR count). The van der Waals surface area contributed by atoms with Gasteiger partial charge in [0.1, 0.15) is 15.8 Å². The van der Waals surface area contributed by atoms with E-state index < -0.39 is 38.7 Å². The van der Waals surface area contributed by atoms with Gasteiger partial charge in [0.05, 0.1) is 28.8 Å². The van der Waals surface area contributed by atoms with Crippen LogP contribution >= 0.6 is 22.9 Å². The van der Waals surface area contributed by atoms with E-state index in [0.717, 1.165) is 40.6 Å². The van der Waals surface area contributed by atoms with E-state index in [4.69, 9.17) is 16.3 Å². The van der Waals surface area contributed by atoms with Gasteiger partial charge in [0.25, 0.3) is 11.5 Å². The third-order valence-corrected chi connectivity index (χ3v) is 10.6. The summed E-state index contributed by atoms with van der Waals surface area (Å²) in [5.74, 6) is -2.56. The number of aryl methyl sites for hydroxylation is 1. The van der Waals surface area contributed by atoms with Crippen LogP contribution in [-0.2, 0) is 25.8 Å². The number of carbonyl (C=O) groups is 2. The molecule has 1 amide bonds. The lowest BCUT2D eigenvalue weighted by Crippen LogP contribution is -2.41. The molecule has 2 aromatic heterocycles. The minimum absolute atomic E-state index is 0.0146. The zero-order valence-corrected chi connectivity index (χ0v) is 25.7. The van der Waals surface area contributed by atoms with Crippen molar-refractivity contribution in [2.24, 2.45) is 0 Å². The molecule has 1 aliphatic heterocycles. The maximum absolute atomic E-state index is 15.5. The monoisotopic (exact) mass is 645 g/mol. The van der Waals surface area contributed by atoms with Crippen LogP contribution in [0, 0.1) is 12.7 Å². The lowest BCUT2D eigenvalue weighted by Gasteiger charge is -2.26. The van der Waals surface area contributed by atoms with Crippen LogP contribution in [0.4, 0.5) is 4.39 Å². The summed E-state index contributed by atoms with van der Waals surface area (Å²) >= 11 is 6.68. The first kappa shape index (κ1) is 31.0. The SMILES string of the molecule is Cc1ccc2c(=O)n(-c3ccc(CC(=O)CS(=O)(=O)c4ccc(Cl)s4)cc3F)cc(C(=O)NCCN3CCOCC3)c2c1. The molecule has 0 aliphatic carbocycles. The highest BCUT2D eigenvalue weighted by molar-refractivity contribution is 7.94. The Kier molecular flexibility index (Phi) is 9.42. The Bertz CT molecular complexity index is 1870. The van der Waals surface area contributed by atoms with Gasteiger partial charge in [0, 0.05) is 49.6 Å². The Labute approximate surface area is 256 Å². The molecule has 0 saturated carbocycles. The van der Waals surface area contributed by atoms with Crippen molar-refractivity contribution in [2.45, 2.75) is 17.6 Å². The summed E-state index contributed by atoms with van der Waals surface area (Å²) in [6.07, 6.45) is 1.01. The maximum atomic E-state index is 15.5. The summed E-state index contributed by atoms with van der Waals surface area (Å²) in [7, 11) is -3.88. The number of pyridine rings is 1. The molecule has 0 spiro atoms. The molecule has 43 heavy (non-hydrogen) atoms. The van der Waals surface area contributed by atoms with Gasteiger partial charge in [-0.15, -0.1) is 11.3 Å². The molecular weight excluding hydrogens is 617 g/mol. The van der Waals surface area contributed by atoms with Crippen LogP contribution in [0.25, 0.3) is 16.5 Å². The zero-order chi connectivity index (χ0) is 30.7. The van der Waals surface area contributed by atoms with Crippen molar-refractivity contribution in [1.82, 2.24) is 14.8 Å². The molecule has 13 heteroatoms. The van der Waals surface area contributed by atoms with Gasteiger partial charge < -0.3 is 10.1 Å². The number of fused-ring (bicyclic) bond motifs is 1.